The zero-order valence-corrected chi connectivity index (χ0v) is 5.74. The van der Waals surface area contributed by atoms with Gasteiger partial charge in [0.25, 0.3) is 6.47 Å². The van der Waals surface area contributed by atoms with Crippen LogP contribution in [0.15, 0.2) is 0 Å². The summed E-state index contributed by atoms with van der Waals surface area (Å²) in [5.74, 6) is 0. The minimum Gasteiger partial charge on any atom is -0.483 e. The van der Waals surface area contributed by atoms with Crippen molar-refractivity contribution in [3.8, 4) is 0 Å². The van der Waals surface area contributed by atoms with Crippen LogP contribution in [0.5, 0.6) is 0 Å². The molecule has 0 amide bonds. The third-order valence-electron chi connectivity index (χ3n) is 0.547. The Kier molecular flexibility index (Phi) is 13.0. The van der Waals surface area contributed by atoms with E-state index in [0.29, 0.717) is 0 Å². The van der Waals surface area contributed by atoms with Crippen molar-refractivity contribution in [2.75, 3.05) is 27.2 Å². The van der Waals surface area contributed by atoms with E-state index < -0.39 is 0 Å². The second kappa shape index (κ2) is 10.4. The number of rotatable bonds is 2. The van der Waals surface area contributed by atoms with Gasteiger partial charge in [0.05, 0.1) is 6.61 Å². The summed E-state index contributed by atoms with van der Waals surface area (Å²) in [6, 6.07) is 0. The molecule has 0 aromatic rings. The number of hydrogen-bond donors (Lipinski definition) is 2. The molecule has 56 valence electrons. The summed E-state index contributed by atoms with van der Waals surface area (Å²) in [5, 5.41) is 15.1. The van der Waals surface area contributed by atoms with E-state index in [1.807, 2.05) is 19.0 Å². The van der Waals surface area contributed by atoms with Crippen molar-refractivity contribution in [2.24, 2.45) is 0 Å². The van der Waals surface area contributed by atoms with Crippen LogP contribution in [0.3, 0.4) is 0 Å². The quantitative estimate of drug-likeness (QED) is 0.489. The highest BCUT2D eigenvalue weighted by Gasteiger charge is 1.80. The Bertz CT molecular complexity index is 56.2. The molecule has 0 aliphatic carbocycles. The number of aliphatic hydroxyl groups excluding tert-OH is 1. The normalized spacial score (nSPS) is 8.00. The number of likely N-dealkylation sites (N-methyl/N-ethyl adjacent to an activating group) is 1. The average molecular weight is 135 g/mol. The molecule has 0 unspecified atom stereocenters. The van der Waals surface area contributed by atoms with Gasteiger partial charge in [0.15, 0.2) is 0 Å². The second-order valence-electron chi connectivity index (χ2n) is 1.63. The molecule has 2 N–H and O–H groups in total. The summed E-state index contributed by atoms with van der Waals surface area (Å²) < 4.78 is 0. The highest BCUT2D eigenvalue weighted by molar-refractivity contribution is 5.32. The van der Waals surface area contributed by atoms with Crippen LogP contribution in [-0.4, -0.2) is 48.8 Å². The van der Waals surface area contributed by atoms with Crippen LogP contribution in [0.4, 0.5) is 0 Å². The molecule has 0 heterocycles. The summed E-state index contributed by atoms with van der Waals surface area (Å²) in [7, 11) is 3.85. The third kappa shape index (κ3) is 37.6. The largest absolute Gasteiger partial charge is 0.483 e. The minimum atomic E-state index is -0.250. The number of carbonyl (C=O) groups is 1. The van der Waals surface area contributed by atoms with E-state index in [0.717, 1.165) is 6.54 Å². The summed E-state index contributed by atoms with van der Waals surface area (Å²) >= 11 is 0. The van der Waals surface area contributed by atoms with E-state index >= 15 is 0 Å². The van der Waals surface area contributed by atoms with Gasteiger partial charge in [0, 0.05) is 6.54 Å². The molecule has 0 rings (SSSR count). The molecular formula is C5H13NO3. The van der Waals surface area contributed by atoms with Gasteiger partial charge >= 0.3 is 0 Å². The summed E-state index contributed by atoms with van der Waals surface area (Å²) in [6.45, 7) is 0.771. The van der Waals surface area contributed by atoms with Gasteiger partial charge in [-0.2, -0.15) is 0 Å². The number of nitrogens with zero attached hydrogens (tertiary/aromatic N) is 1. The Labute approximate surface area is 54.7 Å². The monoisotopic (exact) mass is 135 g/mol. The van der Waals surface area contributed by atoms with Crippen LogP contribution in [0.2, 0.25) is 0 Å². The molecule has 0 aliphatic rings. The van der Waals surface area contributed by atoms with E-state index in [1.165, 1.54) is 0 Å². The van der Waals surface area contributed by atoms with Crippen molar-refractivity contribution in [1.82, 2.24) is 4.90 Å². The van der Waals surface area contributed by atoms with Gasteiger partial charge in [0.1, 0.15) is 0 Å². The van der Waals surface area contributed by atoms with Crippen molar-refractivity contribution in [3.05, 3.63) is 0 Å². The minimum absolute atomic E-state index is 0.250. The Morgan fingerprint density at radius 3 is 1.89 bits per heavy atom. The molecule has 0 saturated heterocycles. The van der Waals surface area contributed by atoms with Gasteiger partial charge in [-0.3, -0.25) is 4.79 Å². The van der Waals surface area contributed by atoms with Crippen LogP contribution in [0, 0.1) is 0 Å². The van der Waals surface area contributed by atoms with E-state index in [4.69, 9.17) is 15.0 Å². The van der Waals surface area contributed by atoms with Gasteiger partial charge < -0.3 is 15.1 Å². The molecule has 0 bridgehead atoms. The third-order valence-corrected chi connectivity index (χ3v) is 0.547. The summed E-state index contributed by atoms with van der Waals surface area (Å²) in [6.07, 6.45) is 0. The van der Waals surface area contributed by atoms with E-state index in [1.54, 1.807) is 0 Å². The molecule has 0 aromatic heterocycles. The molecular weight excluding hydrogens is 122 g/mol. The Morgan fingerprint density at radius 2 is 1.89 bits per heavy atom. The Morgan fingerprint density at radius 1 is 1.56 bits per heavy atom. The fourth-order valence-corrected chi connectivity index (χ4v) is 0.200. The maximum Gasteiger partial charge on any atom is 0.290 e. The van der Waals surface area contributed by atoms with Crippen molar-refractivity contribution in [1.29, 1.82) is 0 Å². The van der Waals surface area contributed by atoms with E-state index in [9.17, 15) is 0 Å². The van der Waals surface area contributed by atoms with Gasteiger partial charge in [-0.25, -0.2) is 0 Å². The first-order chi connectivity index (χ1) is 4.18. The zero-order valence-electron chi connectivity index (χ0n) is 5.74. The number of aliphatic hydroxyl groups is 1. The summed E-state index contributed by atoms with van der Waals surface area (Å²) in [5.41, 5.74) is 0. The van der Waals surface area contributed by atoms with Crippen LogP contribution in [0.1, 0.15) is 0 Å². The van der Waals surface area contributed by atoms with Crippen molar-refractivity contribution < 1.29 is 15.0 Å². The average Bonchev–Trinajstić information content (AvgIpc) is 1.67. The van der Waals surface area contributed by atoms with E-state index in [2.05, 4.69) is 0 Å². The zero-order chi connectivity index (χ0) is 7.70. The Hall–Kier alpha value is -0.610. The predicted octanol–water partition coefficient (Wildman–Crippen LogP) is -0.759. The fraction of sp³-hybridized carbons (Fsp3) is 0.800. The maximum absolute atomic E-state index is 8.36. The van der Waals surface area contributed by atoms with Crippen LogP contribution in [-0.2, 0) is 4.79 Å². The topological polar surface area (TPSA) is 60.8 Å². The van der Waals surface area contributed by atoms with Crippen molar-refractivity contribution in [2.45, 2.75) is 0 Å². The molecule has 9 heavy (non-hydrogen) atoms. The lowest BCUT2D eigenvalue weighted by Crippen LogP contribution is -2.15. The standard InChI is InChI=1S/C4H11NO.CH2O2/c1-5(2)3-4-6;2-1-3/h6H,3-4H2,1-2H3;1H,(H,2,3). The van der Waals surface area contributed by atoms with Gasteiger partial charge in [-0.15, -0.1) is 0 Å². The first-order valence-corrected chi connectivity index (χ1v) is 2.52. The van der Waals surface area contributed by atoms with Crippen LogP contribution < -0.4 is 0 Å². The lowest BCUT2D eigenvalue weighted by molar-refractivity contribution is -0.122. The highest BCUT2D eigenvalue weighted by Crippen LogP contribution is 1.66. The molecule has 4 nitrogen and oxygen atoms in total. The molecule has 0 aliphatic heterocycles. The molecule has 0 fully saturated rings. The SMILES string of the molecule is CN(C)CCO.O=CO. The van der Waals surface area contributed by atoms with Crippen LogP contribution >= 0.6 is 0 Å². The second-order valence-corrected chi connectivity index (χ2v) is 1.63. The number of carboxylic acid groups (broad SMARTS) is 1. The first kappa shape index (κ1) is 11.2. The lowest BCUT2D eigenvalue weighted by Gasteiger charge is -2.03. The fourth-order valence-electron chi connectivity index (χ4n) is 0.200. The molecule has 0 radical (unpaired) electrons. The van der Waals surface area contributed by atoms with Crippen molar-refractivity contribution >= 4 is 6.47 Å². The molecule has 0 spiro atoms. The molecule has 4 heteroatoms. The predicted molar refractivity (Wildman–Crippen MR) is 34.3 cm³/mol. The summed E-state index contributed by atoms with van der Waals surface area (Å²) in [4.78, 5) is 10.3. The molecule has 0 aromatic carbocycles. The molecule has 0 saturated carbocycles. The lowest BCUT2D eigenvalue weighted by atomic mass is 10.6. The smallest absolute Gasteiger partial charge is 0.290 e. The van der Waals surface area contributed by atoms with E-state index in [-0.39, 0.29) is 13.1 Å². The highest BCUT2D eigenvalue weighted by atomic mass is 16.3. The number of hydrogen-bond acceptors (Lipinski definition) is 3. The van der Waals surface area contributed by atoms with Gasteiger partial charge in [-0.05, 0) is 14.1 Å². The Balaban J connectivity index is 0. The first-order valence-electron chi connectivity index (χ1n) is 2.52. The van der Waals surface area contributed by atoms with Gasteiger partial charge in [0.2, 0.25) is 0 Å². The maximum atomic E-state index is 8.36. The van der Waals surface area contributed by atoms with Gasteiger partial charge in [-0.1, -0.05) is 0 Å². The van der Waals surface area contributed by atoms with Crippen LogP contribution in [0.25, 0.3) is 0 Å². The molecule has 0 atom stereocenters. The van der Waals surface area contributed by atoms with Crippen molar-refractivity contribution in [3.63, 3.8) is 0 Å².